The number of halogens is 2. The van der Waals surface area contributed by atoms with Crippen molar-refractivity contribution in [2.45, 2.75) is 25.4 Å². The number of benzene rings is 2. The maximum Gasteiger partial charge on any atom is 0.322 e. The molecule has 4 nitrogen and oxygen atoms in total. The number of anilines is 1. The van der Waals surface area contributed by atoms with E-state index in [9.17, 15) is 9.18 Å². The fourth-order valence-electron chi connectivity index (χ4n) is 3.27. The van der Waals surface area contributed by atoms with Gasteiger partial charge in [0.2, 0.25) is 0 Å². The number of hydrogen-bond donors (Lipinski definition) is 2. The minimum Gasteiger partial charge on any atom is -0.322 e. The van der Waals surface area contributed by atoms with Crippen molar-refractivity contribution in [3.05, 3.63) is 64.9 Å². The summed E-state index contributed by atoms with van der Waals surface area (Å²) in [5.74, 6) is 0.238. The second-order valence-corrected chi connectivity index (χ2v) is 7.15. The second-order valence-electron chi connectivity index (χ2n) is 6.71. The fraction of sp³-hybridized carbons (Fsp3) is 0.350. The van der Waals surface area contributed by atoms with E-state index in [-0.39, 0.29) is 18.0 Å². The molecule has 1 fully saturated rings. The highest BCUT2D eigenvalue weighted by Crippen LogP contribution is 2.21. The molecule has 1 aliphatic heterocycles. The molecule has 1 saturated heterocycles. The lowest BCUT2D eigenvalue weighted by Crippen LogP contribution is -2.53. The van der Waals surface area contributed by atoms with Gasteiger partial charge in [0.1, 0.15) is 5.82 Å². The summed E-state index contributed by atoms with van der Waals surface area (Å²) in [6.45, 7) is 0.849. The number of carbonyl (C=O) groups is 1. The standard InChI is InChI=1S/C20H23ClFN3O/c1-25(18-8-4-16(21)5-9-18)20(26)24-19-13-15(10-11-23-19)12-14-2-6-17(22)7-3-14/h2-9,15,19,23H,10-13H2,1H3,(H,24,26)/t15-,19+/m1/s1. The molecule has 0 aliphatic carbocycles. The van der Waals surface area contributed by atoms with Gasteiger partial charge in [-0.15, -0.1) is 0 Å². The van der Waals surface area contributed by atoms with Crippen molar-refractivity contribution in [2.24, 2.45) is 5.92 Å². The molecule has 0 saturated carbocycles. The first-order valence-corrected chi connectivity index (χ1v) is 9.16. The number of hydrogen-bond acceptors (Lipinski definition) is 2. The number of nitrogens with zero attached hydrogens (tertiary/aromatic N) is 1. The summed E-state index contributed by atoms with van der Waals surface area (Å²) in [4.78, 5) is 14.1. The topological polar surface area (TPSA) is 44.4 Å². The molecule has 0 radical (unpaired) electrons. The molecule has 0 bridgehead atoms. The number of rotatable bonds is 4. The monoisotopic (exact) mass is 375 g/mol. The maximum absolute atomic E-state index is 13.0. The Hall–Kier alpha value is -2.11. The van der Waals surface area contributed by atoms with Gasteiger partial charge in [-0.1, -0.05) is 23.7 Å². The Morgan fingerprint density at radius 3 is 2.62 bits per heavy atom. The lowest BCUT2D eigenvalue weighted by molar-refractivity contribution is 0.226. The molecule has 3 rings (SSSR count). The van der Waals surface area contributed by atoms with Crippen molar-refractivity contribution < 1.29 is 9.18 Å². The summed E-state index contributed by atoms with van der Waals surface area (Å²) < 4.78 is 13.0. The van der Waals surface area contributed by atoms with Crippen molar-refractivity contribution in [3.8, 4) is 0 Å². The van der Waals surface area contributed by atoms with Gasteiger partial charge >= 0.3 is 6.03 Å². The lowest BCUT2D eigenvalue weighted by Gasteiger charge is -2.32. The Balaban J connectivity index is 1.54. The van der Waals surface area contributed by atoms with Gasteiger partial charge in [0.25, 0.3) is 0 Å². The van der Waals surface area contributed by atoms with E-state index in [1.54, 1.807) is 24.1 Å². The van der Waals surface area contributed by atoms with Gasteiger partial charge in [-0.25, -0.2) is 9.18 Å². The number of urea groups is 1. The molecule has 2 N–H and O–H groups in total. The highest BCUT2D eigenvalue weighted by Gasteiger charge is 2.24. The maximum atomic E-state index is 13.0. The Morgan fingerprint density at radius 2 is 1.92 bits per heavy atom. The minimum atomic E-state index is -0.213. The second kappa shape index (κ2) is 8.52. The smallest absolute Gasteiger partial charge is 0.322 e. The molecule has 2 atom stereocenters. The van der Waals surface area contributed by atoms with Crippen molar-refractivity contribution in [1.29, 1.82) is 0 Å². The predicted octanol–water partition coefficient (Wildman–Crippen LogP) is 4.19. The molecule has 1 heterocycles. The molecule has 0 spiro atoms. The van der Waals surface area contributed by atoms with Crippen molar-refractivity contribution >= 4 is 23.3 Å². The molecule has 1 aliphatic rings. The summed E-state index contributed by atoms with van der Waals surface area (Å²) in [6.07, 6.45) is 2.70. The van der Waals surface area contributed by atoms with Crippen LogP contribution in [0.4, 0.5) is 14.9 Å². The summed E-state index contributed by atoms with van der Waals surface area (Å²) in [7, 11) is 1.73. The van der Waals surface area contributed by atoms with Crippen LogP contribution in [-0.2, 0) is 6.42 Å². The molecule has 2 aromatic rings. The average molecular weight is 376 g/mol. The number of nitrogens with one attached hydrogen (secondary N) is 2. The van der Waals surface area contributed by atoms with Crippen LogP contribution in [0.2, 0.25) is 5.02 Å². The van der Waals surface area contributed by atoms with Gasteiger partial charge in [0, 0.05) is 17.8 Å². The molecule has 0 aromatic heterocycles. The van der Waals surface area contributed by atoms with Gasteiger partial charge < -0.3 is 5.32 Å². The third-order valence-corrected chi connectivity index (χ3v) is 5.02. The summed E-state index contributed by atoms with van der Waals surface area (Å²) in [6, 6.07) is 13.6. The zero-order valence-electron chi connectivity index (χ0n) is 14.7. The first-order chi connectivity index (χ1) is 12.5. The number of piperidine rings is 1. The van der Waals surface area contributed by atoms with Gasteiger partial charge in [-0.3, -0.25) is 10.2 Å². The van der Waals surface area contributed by atoms with E-state index in [0.717, 1.165) is 37.1 Å². The SMILES string of the molecule is CN(C(=O)N[C@H]1C[C@@H](Cc2ccc(F)cc2)CCN1)c1ccc(Cl)cc1. The molecule has 26 heavy (non-hydrogen) atoms. The normalized spacial score (nSPS) is 19.8. The van der Waals surface area contributed by atoms with Crippen LogP contribution in [-0.4, -0.2) is 25.8 Å². The Kier molecular flexibility index (Phi) is 6.12. The van der Waals surface area contributed by atoms with Crippen LogP contribution in [0.1, 0.15) is 18.4 Å². The van der Waals surface area contributed by atoms with Gasteiger partial charge in [-0.2, -0.15) is 0 Å². The van der Waals surface area contributed by atoms with E-state index in [1.165, 1.54) is 12.1 Å². The van der Waals surface area contributed by atoms with Gasteiger partial charge in [-0.05, 0) is 73.7 Å². The van der Waals surface area contributed by atoms with Crippen LogP contribution < -0.4 is 15.5 Å². The van der Waals surface area contributed by atoms with Crippen LogP contribution in [0, 0.1) is 11.7 Å². The van der Waals surface area contributed by atoms with Crippen LogP contribution in [0.15, 0.2) is 48.5 Å². The summed E-state index contributed by atoms with van der Waals surface area (Å²) in [5.41, 5.74) is 1.91. The molecule has 6 heteroatoms. The van der Waals surface area contributed by atoms with Gasteiger partial charge in [0.05, 0.1) is 6.17 Å². The fourth-order valence-corrected chi connectivity index (χ4v) is 3.40. The first-order valence-electron chi connectivity index (χ1n) is 8.79. The van der Waals surface area contributed by atoms with Crippen LogP contribution in [0.5, 0.6) is 0 Å². The molecule has 138 valence electrons. The zero-order chi connectivity index (χ0) is 18.5. The van der Waals surface area contributed by atoms with E-state index >= 15 is 0 Å². The molecular weight excluding hydrogens is 353 g/mol. The van der Waals surface area contributed by atoms with Crippen molar-refractivity contribution in [1.82, 2.24) is 10.6 Å². The number of amides is 2. The Morgan fingerprint density at radius 1 is 1.23 bits per heavy atom. The molecular formula is C20H23ClFN3O. The zero-order valence-corrected chi connectivity index (χ0v) is 15.5. The van der Waals surface area contributed by atoms with Crippen LogP contribution in [0.25, 0.3) is 0 Å². The minimum absolute atomic E-state index is 0.0727. The van der Waals surface area contributed by atoms with E-state index in [0.29, 0.717) is 10.9 Å². The third kappa shape index (κ3) is 4.96. The van der Waals surface area contributed by atoms with E-state index in [2.05, 4.69) is 10.6 Å². The molecule has 0 unspecified atom stereocenters. The quantitative estimate of drug-likeness (QED) is 0.841. The Bertz CT molecular complexity index is 736. The van der Waals surface area contributed by atoms with Crippen molar-refractivity contribution in [3.63, 3.8) is 0 Å². The average Bonchev–Trinajstić information content (AvgIpc) is 2.64. The molecule has 2 aromatic carbocycles. The third-order valence-electron chi connectivity index (χ3n) is 4.77. The van der Waals surface area contributed by atoms with Crippen LogP contribution >= 0.6 is 11.6 Å². The summed E-state index contributed by atoms with van der Waals surface area (Å²) >= 11 is 5.89. The highest BCUT2D eigenvalue weighted by atomic mass is 35.5. The van der Waals surface area contributed by atoms with Gasteiger partial charge in [0.15, 0.2) is 0 Å². The highest BCUT2D eigenvalue weighted by molar-refractivity contribution is 6.30. The van der Waals surface area contributed by atoms with Crippen LogP contribution in [0.3, 0.4) is 0 Å². The Labute approximate surface area is 158 Å². The van der Waals surface area contributed by atoms with E-state index in [4.69, 9.17) is 11.6 Å². The largest absolute Gasteiger partial charge is 0.322 e. The van der Waals surface area contributed by atoms with E-state index < -0.39 is 0 Å². The molecule has 2 amide bonds. The van der Waals surface area contributed by atoms with E-state index in [1.807, 2.05) is 24.3 Å². The predicted molar refractivity (Wildman–Crippen MR) is 103 cm³/mol. The summed E-state index contributed by atoms with van der Waals surface area (Å²) in [5, 5.41) is 7.03. The van der Waals surface area contributed by atoms with Crippen molar-refractivity contribution in [2.75, 3.05) is 18.5 Å². The lowest BCUT2D eigenvalue weighted by atomic mass is 9.89. The first kappa shape index (κ1) is 18.7. The number of carbonyl (C=O) groups excluding carboxylic acids is 1.